The second kappa shape index (κ2) is 8.04. The number of carbonyl (C=O) groups is 1. The van der Waals surface area contributed by atoms with Crippen molar-refractivity contribution in [3.05, 3.63) is 0 Å². The highest BCUT2D eigenvalue weighted by molar-refractivity contribution is 5.69. The molecule has 0 aromatic rings. The van der Waals surface area contributed by atoms with Crippen LogP contribution in [-0.2, 0) is 9.53 Å². The van der Waals surface area contributed by atoms with Crippen LogP contribution in [0.5, 0.6) is 0 Å². The predicted molar refractivity (Wildman–Crippen MR) is 116 cm³/mol. The molecule has 0 radical (unpaired) electrons. The minimum absolute atomic E-state index is 0.150. The third-order valence-electron chi connectivity index (χ3n) is 10.6. The fourth-order valence-electron chi connectivity index (χ4n) is 8.84. The molecular formula is C25H43NO4. The zero-order valence-corrected chi connectivity index (χ0v) is 19.3. The molecule has 0 aromatic carbocycles. The van der Waals surface area contributed by atoms with E-state index in [1.807, 2.05) is 0 Å². The lowest BCUT2D eigenvalue weighted by atomic mass is 9.43. The number of rotatable bonds is 4. The van der Waals surface area contributed by atoms with Gasteiger partial charge in [-0.3, -0.25) is 4.79 Å². The van der Waals surface area contributed by atoms with Crippen LogP contribution in [-0.4, -0.2) is 41.5 Å². The van der Waals surface area contributed by atoms with Gasteiger partial charge in [-0.25, -0.2) is 0 Å². The molecule has 4 rings (SSSR count). The van der Waals surface area contributed by atoms with Gasteiger partial charge in [-0.1, -0.05) is 20.8 Å². The quantitative estimate of drug-likeness (QED) is 0.604. The second-order valence-corrected chi connectivity index (χ2v) is 11.7. The first-order valence-corrected chi connectivity index (χ1v) is 12.3. The first-order valence-electron chi connectivity index (χ1n) is 12.3. The number of nitrogens with two attached hydrogens (primary N) is 1. The second-order valence-electron chi connectivity index (χ2n) is 11.7. The molecule has 4 N–H and O–H groups in total. The molecule has 0 bridgehead atoms. The highest BCUT2D eigenvalue weighted by Crippen LogP contribution is 2.68. The Morgan fingerprint density at radius 1 is 1.13 bits per heavy atom. The Bertz CT molecular complexity index is 655. The average molecular weight is 422 g/mol. The third-order valence-corrected chi connectivity index (χ3v) is 10.6. The Morgan fingerprint density at radius 2 is 1.87 bits per heavy atom. The number of aliphatic hydroxyl groups excluding tert-OH is 2. The summed E-state index contributed by atoms with van der Waals surface area (Å²) in [4.78, 5) is 11.7. The summed E-state index contributed by atoms with van der Waals surface area (Å²) in [5.74, 6) is 2.11. The van der Waals surface area contributed by atoms with E-state index < -0.39 is 0 Å². The smallest absolute Gasteiger partial charge is 0.305 e. The van der Waals surface area contributed by atoms with Crippen molar-refractivity contribution in [2.45, 2.75) is 96.8 Å². The molecule has 172 valence electrons. The van der Waals surface area contributed by atoms with Crippen molar-refractivity contribution >= 4 is 5.97 Å². The molecule has 5 heteroatoms. The number of methoxy groups -OCH3 is 1. The maximum absolute atomic E-state index is 11.7. The summed E-state index contributed by atoms with van der Waals surface area (Å²) in [6.45, 7) is 6.94. The van der Waals surface area contributed by atoms with E-state index in [0.717, 1.165) is 51.4 Å². The summed E-state index contributed by atoms with van der Waals surface area (Å²) in [6.07, 6.45) is 7.69. The predicted octanol–water partition coefficient (Wildman–Crippen LogP) is 3.50. The molecule has 4 saturated carbocycles. The van der Waals surface area contributed by atoms with Crippen molar-refractivity contribution in [2.24, 2.45) is 52.1 Å². The van der Waals surface area contributed by atoms with Crippen molar-refractivity contribution in [1.82, 2.24) is 0 Å². The maximum atomic E-state index is 11.7. The highest BCUT2D eigenvalue weighted by Gasteiger charge is 2.65. The van der Waals surface area contributed by atoms with Gasteiger partial charge in [0.1, 0.15) is 0 Å². The number of esters is 1. The van der Waals surface area contributed by atoms with Crippen LogP contribution in [0.3, 0.4) is 0 Å². The molecule has 0 aliphatic heterocycles. The Hall–Kier alpha value is -0.650. The molecule has 4 aliphatic rings. The van der Waals surface area contributed by atoms with E-state index in [1.165, 1.54) is 7.11 Å². The van der Waals surface area contributed by atoms with Gasteiger partial charge < -0.3 is 20.7 Å². The Balaban J connectivity index is 1.58. The van der Waals surface area contributed by atoms with Crippen LogP contribution in [0.4, 0.5) is 0 Å². The molecule has 11 atom stereocenters. The lowest BCUT2D eigenvalue weighted by molar-refractivity contribution is -0.202. The molecule has 4 fully saturated rings. The minimum Gasteiger partial charge on any atom is -0.469 e. The van der Waals surface area contributed by atoms with E-state index in [0.29, 0.717) is 36.0 Å². The minimum atomic E-state index is -0.338. The Kier molecular flexibility index (Phi) is 6.04. The van der Waals surface area contributed by atoms with Gasteiger partial charge in [-0.2, -0.15) is 0 Å². The summed E-state index contributed by atoms with van der Waals surface area (Å²) >= 11 is 0. The molecule has 0 aromatic heterocycles. The zero-order valence-electron chi connectivity index (χ0n) is 19.3. The van der Waals surface area contributed by atoms with Crippen LogP contribution < -0.4 is 5.73 Å². The SMILES string of the molecule is COC(=O)CC[C@@H](C)[C@H]1CC[C@H]2[C@@H]3[C@H](O)CC4C[C@@H](N)CC[C@]4(C)[C@H]3C[C@H](O)[C@]12C. The number of aliphatic hydroxyl groups is 2. The molecule has 0 spiro atoms. The lowest BCUT2D eigenvalue weighted by Crippen LogP contribution is -2.62. The number of hydrogen-bond acceptors (Lipinski definition) is 5. The normalized spacial score (nSPS) is 51.4. The highest BCUT2D eigenvalue weighted by atomic mass is 16.5. The molecule has 5 nitrogen and oxygen atoms in total. The van der Waals surface area contributed by atoms with Crippen molar-refractivity contribution < 1.29 is 19.7 Å². The topological polar surface area (TPSA) is 92.8 Å². The van der Waals surface area contributed by atoms with E-state index in [4.69, 9.17) is 10.5 Å². The number of ether oxygens (including phenoxy) is 1. The van der Waals surface area contributed by atoms with Crippen LogP contribution in [0, 0.1) is 46.3 Å². The fraction of sp³-hybridized carbons (Fsp3) is 0.960. The molecule has 4 aliphatic carbocycles. The first kappa shape index (κ1) is 22.5. The van der Waals surface area contributed by atoms with E-state index in [-0.39, 0.29) is 41.0 Å². The van der Waals surface area contributed by atoms with Crippen molar-refractivity contribution in [1.29, 1.82) is 0 Å². The van der Waals surface area contributed by atoms with E-state index >= 15 is 0 Å². The first-order chi connectivity index (χ1) is 14.1. The standard InChI is InChI=1S/C25H43NO4/c1-14(5-8-22(29)30-4)17-6-7-18-23-19(13-21(28)25(17,18)3)24(2)10-9-16(26)11-15(24)12-20(23)27/h14-21,23,27-28H,5-13,26H2,1-4H3/t14-,15?,16+,17-,18+,19+,20-,21+,23+,24+,25-/m1/s1. The summed E-state index contributed by atoms with van der Waals surface area (Å²) in [5, 5.41) is 22.9. The number of hydrogen-bond donors (Lipinski definition) is 3. The summed E-state index contributed by atoms with van der Waals surface area (Å²) in [6, 6.07) is 0.261. The molecule has 0 amide bonds. The van der Waals surface area contributed by atoms with E-state index in [2.05, 4.69) is 20.8 Å². The van der Waals surface area contributed by atoms with Crippen LogP contribution >= 0.6 is 0 Å². The molecule has 30 heavy (non-hydrogen) atoms. The maximum Gasteiger partial charge on any atom is 0.305 e. The molecule has 0 heterocycles. The van der Waals surface area contributed by atoms with Gasteiger partial charge in [0.25, 0.3) is 0 Å². The summed E-state index contributed by atoms with van der Waals surface area (Å²) in [7, 11) is 1.45. The van der Waals surface area contributed by atoms with Gasteiger partial charge in [0.05, 0.1) is 19.3 Å². The molecule has 1 unspecified atom stereocenters. The average Bonchev–Trinajstić information content (AvgIpc) is 3.06. The fourth-order valence-corrected chi connectivity index (χ4v) is 8.84. The van der Waals surface area contributed by atoms with Crippen molar-refractivity contribution in [3.8, 4) is 0 Å². The van der Waals surface area contributed by atoms with Gasteiger partial charge >= 0.3 is 5.97 Å². The Morgan fingerprint density at radius 3 is 2.57 bits per heavy atom. The van der Waals surface area contributed by atoms with Gasteiger partial charge in [-0.05, 0) is 97.7 Å². The zero-order chi connectivity index (χ0) is 21.8. The lowest BCUT2D eigenvalue weighted by Gasteiger charge is -2.63. The van der Waals surface area contributed by atoms with Crippen LogP contribution in [0.25, 0.3) is 0 Å². The van der Waals surface area contributed by atoms with Crippen molar-refractivity contribution in [3.63, 3.8) is 0 Å². The van der Waals surface area contributed by atoms with E-state index in [9.17, 15) is 15.0 Å². The Labute approximate surface area is 182 Å². The largest absolute Gasteiger partial charge is 0.469 e. The monoisotopic (exact) mass is 421 g/mol. The van der Waals surface area contributed by atoms with Gasteiger partial charge in [0.15, 0.2) is 0 Å². The van der Waals surface area contributed by atoms with E-state index in [1.54, 1.807) is 0 Å². The van der Waals surface area contributed by atoms with Gasteiger partial charge in [0.2, 0.25) is 0 Å². The van der Waals surface area contributed by atoms with Crippen molar-refractivity contribution in [2.75, 3.05) is 7.11 Å². The van der Waals surface area contributed by atoms with Gasteiger partial charge in [-0.15, -0.1) is 0 Å². The van der Waals surface area contributed by atoms with Crippen LogP contribution in [0.2, 0.25) is 0 Å². The number of fused-ring (bicyclic) bond motifs is 5. The third kappa shape index (κ3) is 3.34. The molecular weight excluding hydrogens is 378 g/mol. The number of carbonyl (C=O) groups excluding carboxylic acids is 1. The van der Waals surface area contributed by atoms with Gasteiger partial charge in [0, 0.05) is 12.5 Å². The summed E-state index contributed by atoms with van der Waals surface area (Å²) in [5.41, 5.74) is 6.31. The van der Waals surface area contributed by atoms with Crippen LogP contribution in [0.15, 0.2) is 0 Å². The van der Waals surface area contributed by atoms with Crippen LogP contribution in [0.1, 0.15) is 78.6 Å². The summed E-state index contributed by atoms with van der Waals surface area (Å²) < 4.78 is 4.84. The molecule has 0 saturated heterocycles.